The Morgan fingerprint density at radius 1 is 0.602 bits per heavy atom. The monoisotopic (exact) mass is 1580 g/mol. The number of carbonyl (C=O) groups is 7. The summed E-state index contributed by atoms with van der Waals surface area (Å²) >= 11 is 0. The standard InChI is InChI=1S/C81H115N9O23/c1-11-81(8,12-2)62-46-72(93)87(78(62)98)23-20-70(91)82-22-27-104-29-31-106-33-35-108-37-39-110-41-40-109-38-36-107-34-32-105-30-28-103-26-21-71(92)86-73(53(3)4)75(95)84-56(7)74(94)85-58-18-16-57(17-19-58)52-113-80(100)90-64-48-69(67(102-10)45-61(64)77(97)89-51-55(6)43-65(89)79(90)99)112-25-15-13-14-24-111-68-47-63-60(44-66(68)101-9)76(96)88-50-54(5)42-59(88)49-83-63/h16-19,44-51,53,56,59,65,73,79,93,98-99H,11-15,20-43,52H2,1-10H3,(H,82,91)(H,84,95)(H,85,94)(H,86,92). The van der Waals surface area contributed by atoms with Gasteiger partial charge in [0.25, 0.3) is 11.8 Å². The van der Waals surface area contributed by atoms with Crippen molar-refractivity contribution in [2.75, 3.05) is 150 Å². The summed E-state index contributed by atoms with van der Waals surface area (Å²) in [6, 6.07) is 11.5. The molecule has 4 aliphatic rings. The van der Waals surface area contributed by atoms with Gasteiger partial charge in [-0.25, -0.2) is 9.69 Å². The predicted molar refractivity (Wildman–Crippen MR) is 418 cm³/mol. The molecule has 32 heteroatoms. The Morgan fingerprint density at radius 3 is 1.70 bits per heavy atom. The van der Waals surface area contributed by atoms with E-state index in [9.17, 15) is 48.9 Å². The van der Waals surface area contributed by atoms with Crippen LogP contribution in [0.1, 0.15) is 145 Å². The number of unbranched alkanes of at least 4 members (excludes halogenated alkanes) is 2. The van der Waals surface area contributed by atoms with Crippen molar-refractivity contribution < 1.29 is 110 Å². The normalized spacial score (nSPS) is 16.3. The van der Waals surface area contributed by atoms with Crippen LogP contribution in [0.15, 0.2) is 83.1 Å². The zero-order valence-corrected chi connectivity index (χ0v) is 66.8. The maximum Gasteiger partial charge on any atom is 0.416 e. The number of aromatic hydroxyl groups is 2. The summed E-state index contributed by atoms with van der Waals surface area (Å²) < 4.78 is 75.2. The lowest BCUT2D eigenvalue weighted by Crippen LogP contribution is -2.53. The lowest BCUT2D eigenvalue weighted by molar-refractivity contribution is -0.132. The van der Waals surface area contributed by atoms with Crippen LogP contribution in [-0.2, 0) is 80.4 Å². The highest BCUT2D eigenvalue weighted by molar-refractivity contribution is 6.07. The molecule has 8 rings (SSSR count). The Balaban J connectivity index is 0.632. The van der Waals surface area contributed by atoms with E-state index in [-0.39, 0.29) is 116 Å². The van der Waals surface area contributed by atoms with E-state index in [1.807, 2.05) is 40.8 Å². The summed E-state index contributed by atoms with van der Waals surface area (Å²) in [7, 11) is 2.96. The number of aliphatic hydroxyl groups excluding tert-OH is 1. The first-order valence-corrected chi connectivity index (χ1v) is 38.9. The summed E-state index contributed by atoms with van der Waals surface area (Å²) in [6.45, 7) is 21.3. The molecule has 1 aromatic heterocycles. The smallest absolute Gasteiger partial charge is 0.416 e. The summed E-state index contributed by atoms with van der Waals surface area (Å²) in [5.41, 5.74) is 4.34. The number of nitrogens with one attached hydrogen (secondary N) is 4. The Morgan fingerprint density at radius 2 is 1.13 bits per heavy atom. The number of ether oxygens (including phenoxy) is 13. The van der Waals surface area contributed by atoms with E-state index in [1.165, 1.54) is 42.7 Å². The highest BCUT2D eigenvalue weighted by Crippen LogP contribution is 2.44. The highest BCUT2D eigenvalue weighted by Gasteiger charge is 2.45. The van der Waals surface area contributed by atoms with Crippen molar-refractivity contribution >= 4 is 64.8 Å². The lowest BCUT2D eigenvalue weighted by atomic mass is 9.79. The molecule has 5 unspecified atom stereocenters. The van der Waals surface area contributed by atoms with Crippen molar-refractivity contribution in [3.8, 4) is 34.8 Å². The first kappa shape index (κ1) is 89.2. The van der Waals surface area contributed by atoms with E-state index < -0.39 is 54.1 Å². The van der Waals surface area contributed by atoms with Crippen molar-refractivity contribution in [1.29, 1.82) is 0 Å². The number of hydrogen-bond donors (Lipinski definition) is 7. The van der Waals surface area contributed by atoms with Gasteiger partial charge in [0, 0.05) is 74.0 Å². The molecule has 0 saturated carbocycles. The molecular weight excluding hydrogens is 1470 g/mol. The minimum atomic E-state index is -1.53. The maximum absolute atomic E-state index is 14.3. The molecule has 0 bridgehead atoms. The molecule has 32 nitrogen and oxygen atoms in total. The number of aromatic nitrogens is 1. The summed E-state index contributed by atoms with van der Waals surface area (Å²) in [4.78, 5) is 103. The molecule has 0 aliphatic carbocycles. The first-order chi connectivity index (χ1) is 54.5. The van der Waals surface area contributed by atoms with Gasteiger partial charge in [-0.2, -0.15) is 0 Å². The number of anilines is 2. The Labute approximate surface area is 661 Å². The fraction of sp³-hybridized carbons (Fsp3) is 0.580. The van der Waals surface area contributed by atoms with Gasteiger partial charge in [-0.1, -0.05) is 57.9 Å². The third kappa shape index (κ3) is 26.1. The van der Waals surface area contributed by atoms with Gasteiger partial charge >= 0.3 is 6.09 Å². The van der Waals surface area contributed by atoms with E-state index in [1.54, 1.807) is 73.6 Å². The van der Waals surface area contributed by atoms with Crippen molar-refractivity contribution in [2.45, 2.75) is 162 Å². The minimum absolute atomic E-state index is 0.00270. The summed E-state index contributed by atoms with van der Waals surface area (Å²) in [6.07, 6.45) is 7.48. The second kappa shape index (κ2) is 45.5. The molecule has 5 atom stereocenters. The van der Waals surface area contributed by atoms with Crippen LogP contribution in [0.5, 0.6) is 34.8 Å². The largest absolute Gasteiger partial charge is 0.494 e. The van der Waals surface area contributed by atoms with E-state index in [0.717, 1.165) is 35.3 Å². The molecule has 7 N–H and O–H groups in total. The fourth-order valence-electron chi connectivity index (χ4n) is 12.9. The van der Waals surface area contributed by atoms with Gasteiger partial charge in [-0.05, 0) is 107 Å². The average molecular weight is 1580 g/mol. The van der Waals surface area contributed by atoms with Gasteiger partial charge in [0.05, 0.1) is 168 Å². The second-order valence-corrected chi connectivity index (χ2v) is 28.4. The zero-order valence-electron chi connectivity index (χ0n) is 66.8. The molecule has 113 heavy (non-hydrogen) atoms. The van der Waals surface area contributed by atoms with Crippen molar-refractivity contribution in [1.82, 2.24) is 30.3 Å². The van der Waals surface area contributed by atoms with Crippen LogP contribution in [-0.4, -0.2) is 248 Å². The zero-order chi connectivity index (χ0) is 81.4. The molecule has 0 spiro atoms. The van der Waals surface area contributed by atoms with Crippen LogP contribution >= 0.6 is 0 Å². The number of fused-ring (bicyclic) bond motifs is 4. The SMILES string of the molecule is CCC(C)(CC)c1cc(O)n(CCC(=O)NCCOCCOCCOCCOCCOCCOCCOCCOCCC(=O)NC(C(=O)NC(C)C(=O)Nc2ccc(COC(=O)N3c4cc(OCCCCCOc5cc6c(cc5OC)C(=O)N5C=C(C)CC5C=N6)c(OC)cc4C(=O)N4C=C(C)CC4C3O)cc2)C(C)C)c1O. The van der Waals surface area contributed by atoms with Crippen LogP contribution in [0.4, 0.5) is 21.9 Å². The van der Waals surface area contributed by atoms with Crippen LogP contribution in [0, 0.1) is 5.92 Å². The topological polar surface area (TPSA) is 375 Å². The number of benzene rings is 3. The van der Waals surface area contributed by atoms with Gasteiger partial charge in [-0.15, -0.1) is 0 Å². The van der Waals surface area contributed by atoms with E-state index in [0.29, 0.717) is 164 Å². The number of methoxy groups -OCH3 is 2. The number of aliphatic imine (C=N–C) groups is 1. The molecule has 5 heterocycles. The summed E-state index contributed by atoms with van der Waals surface area (Å²) in [5, 5.41) is 44.1. The molecule has 0 radical (unpaired) electrons. The number of hydrogen-bond acceptors (Lipinski definition) is 24. The molecular formula is C81H115N9O23. The number of aliphatic hydroxyl groups is 1. The Hall–Kier alpha value is -9.38. The average Bonchev–Trinajstić information content (AvgIpc) is 1.55. The van der Waals surface area contributed by atoms with Crippen LogP contribution < -0.4 is 45.1 Å². The quantitative estimate of drug-likeness (QED) is 0.0204. The summed E-state index contributed by atoms with van der Waals surface area (Å²) in [5.74, 6) is -1.33. The third-order valence-electron chi connectivity index (χ3n) is 19.8. The second-order valence-electron chi connectivity index (χ2n) is 28.4. The fourth-order valence-corrected chi connectivity index (χ4v) is 12.9. The van der Waals surface area contributed by atoms with Crippen molar-refractivity contribution in [3.63, 3.8) is 0 Å². The van der Waals surface area contributed by atoms with E-state index >= 15 is 0 Å². The van der Waals surface area contributed by atoms with Crippen LogP contribution in [0.3, 0.4) is 0 Å². The van der Waals surface area contributed by atoms with Gasteiger partial charge in [0.1, 0.15) is 18.7 Å². The Bertz CT molecular complexity index is 3880. The van der Waals surface area contributed by atoms with Crippen LogP contribution in [0.2, 0.25) is 0 Å². The predicted octanol–water partition coefficient (Wildman–Crippen LogP) is 8.36. The minimum Gasteiger partial charge on any atom is -0.494 e. The highest BCUT2D eigenvalue weighted by atomic mass is 16.6. The third-order valence-corrected chi connectivity index (χ3v) is 19.8. The lowest BCUT2D eigenvalue weighted by Gasteiger charge is -2.31. The van der Waals surface area contributed by atoms with Gasteiger partial charge in [0.15, 0.2) is 41.0 Å². The van der Waals surface area contributed by atoms with E-state index in [2.05, 4.69) is 26.3 Å². The van der Waals surface area contributed by atoms with Gasteiger partial charge in [0.2, 0.25) is 23.6 Å². The van der Waals surface area contributed by atoms with Gasteiger partial charge < -0.3 is 108 Å². The number of nitrogens with zero attached hydrogens (tertiary/aromatic N) is 5. The number of rotatable bonds is 51. The Kier molecular flexibility index (Phi) is 35.9. The van der Waals surface area contributed by atoms with Crippen LogP contribution in [0.25, 0.3) is 0 Å². The number of carbonyl (C=O) groups excluding carboxylic acids is 7. The molecule has 0 fully saturated rings. The maximum atomic E-state index is 14.3. The molecule has 4 aromatic rings. The molecule has 3 aromatic carbocycles. The number of amides is 7. The van der Waals surface area contributed by atoms with Crippen molar-refractivity contribution in [2.24, 2.45) is 10.9 Å². The van der Waals surface area contributed by atoms with Crippen molar-refractivity contribution in [3.05, 3.63) is 100 Å². The van der Waals surface area contributed by atoms with Gasteiger partial charge in [-0.3, -0.25) is 38.3 Å². The molecule has 622 valence electrons. The van der Waals surface area contributed by atoms with E-state index in [4.69, 9.17) is 61.6 Å². The molecule has 7 amide bonds. The molecule has 4 aliphatic heterocycles. The molecule has 0 saturated heterocycles. The first-order valence-electron chi connectivity index (χ1n) is 38.9.